The van der Waals surface area contributed by atoms with Crippen molar-refractivity contribution in [3.63, 3.8) is 0 Å². The molecular formula is C26H29NO5. The van der Waals surface area contributed by atoms with Gasteiger partial charge in [0, 0.05) is 24.5 Å². The van der Waals surface area contributed by atoms with Crippen LogP contribution in [0.1, 0.15) is 62.5 Å². The first kappa shape index (κ1) is 22.2. The number of carbonyl (C=O) groups excluding carboxylic acids is 2. The number of Topliss-reactive ketones (excluding diaryl/α,β-unsaturated/α-hetero) is 1. The number of cyclic esters (lactones) is 1. The van der Waals surface area contributed by atoms with Crippen molar-refractivity contribution in [2.75, 3.05) is 0 Å². The van der Waals surface area contributed by atoms with Gasteiger partial charge in [-0.25, -0.2) is 0 Å². The molecule has 0 amide bonds. The second kappa shape index (κ2) is 9.23. The van der Waals surface area contributed by atoms with Gasteiger partial charge in [-0.1, -0.05) is 55.8 Å². The summed E-state index contributed by atoms with van der Waals surface area (Å²) < 4.78 is 6.08. The number of hydrogen-bond acceptors (Lipinski definition) is 5. The highest BCUT2D eigenvalue weighted by Crippen LogP contribution is 2.50. The molecule has 2 fully saturated rings. The molecule has 0 N–H and O–H groups in total. The van der Waals surface area contributed by atoms with Crippen LogP contribution in [0.15, 0.2) is 54.6 Å². The Hall–Kier alpha value is -3.02. The summed E-state index contributed by atoms with van der Waals surface area (Å²) in [6.07, 6.45) is 4.86. The van der Waals surface area contributed by atoms with Crippen LogP contribution in [0.4, 0.5) is 5.69 Å². The third-order valence-corrected chi connectivity index (χ3v) is 6.79. The monoisotopic (exact) mass is 435 g/mol. The van der Waals surface area contributed by atoms with Crippen molar-refractivity contribution in [3.8, 4) is 0 Å². The number of carbonyl (C=O) groups is 2. The van der Waals surface area contributed by atoms with Crippen molar-refractivity contribution in [1.29, 1.82) is 0 Å². The number of esters is 1. The van der Waals surface area contributed by atoms with E-state index in [0.29, 0.717) is 18.4 Å². The van der Waals surface area contributed by atoms with Crippen molar-refractivity contribution in [1.82, 2.24) is 0 Å². The summed E-state index contributed by atoms with van der Waals surface area (Å²) in [5.74, 6) is -1.62. The molecule has 168 valence electrons. The van der Waals surface area contributed by atoms with E-state index in [0.717, 1.165) is 31.2 Å². The molecule has 6 nitrogen and oxygen atoms in total. The molecule has 1 saturated carbocycles. The molecule has 0 aromatic heterocycles. The molecule has 3 atom stereocenters. The Labute approximate surface area is 188 Å². The molecule has 1 aliphatic heterocycles. The second-order valence-corrected chi connectivity index (χ2v) is 9.18. The van der Waals surface area contributed by atoms with Crippen LogP contribution < -0.4 is 0 Å². The van der Waals surface area contributed by atoms with Crippen LogP contribution >= 0.6 is 0 Å². The fraction of sp³-hybridized carbons (Fsp3) is 0.462. The largest absolute Gasteiger partial charge is 0.458 e. The topological polar surface area (TPSA) is 86.5 Å². The maximum Gasteiger partial charge on any atom is 0.317 e. The molecule has 0 spiro atoms. The molecule has 1 aliphatic carbocycles. The summed E-state index contributed by atoms with van der Waals surface area (Å²) >= 11 is 0. The Morgan fingerprint density at radius 1 is 1.09 bits per heavy atom. The summed E-state index contributed by atoms with van der Waals surface area (Å²) in [5.41, 5.74) is 1.05. The number of ketones is 1. The van der Waals surface area contributed by atoms with Gasteiger partial charge in [0.2, 0.25) is 0 Å². The van der Waals surface area contributed by atoms with E-state index in [4.69, 9.17) is 4.74 Å². The number of nitro groups is 1. The third-order valence-electron chi connectivity index (χ3n) is 6.79. The van der Waals surface area contributed by atoms with Crippen LogP contribution in [0.5, 0.6) is 0 Å². The number of non-ortho nitro benzene ring substituents is 1. The van der Waals surface area contributed by atoms with Gasteiger partial charge in [-0.2, -0.15) is 0 Å². The van der Waals surface area contributed by atoms with Crippen LogP contribution in [-0.2, 0) is 20.7 Å². The summed E-state index contributed by atoms with van der Waals surface area (Å²) in [4.78, 5) is 37.6. The highest BCUT2D eigenvalue weighted by Gasteiger charge is 2.52. The molecule has 1 saturated heterocycles. The Kier molecular flexibility index (Phi) is 6.40. The summed E-state index contributed by atoms with van der Waals surface area (Å²) in [6.45, 7) is 2.03. The first-order valence-electron chi connectivity index (χ1n) is 11.5. The van der Waals surface area contributed by atoms with Crippen molar-refractivity contribution in [2.45, 2.75) is 63.4 Å². The van der Waals surface area contributed by atoms with Crippen LogP contribution in [0, 0.1) is 22.0 Å². The van der Waals surface area contributed by atoms with Gasteiger partial charge in [0.25, 0.3) is 5.69 Å². The smallest absolute Gasteiger partial charge is 0.317 e. The molecule has 2 aromatic carbocycles. The highest BCUT2D eigenvalue weighted by atomic mass is 16.6. The number of nitro benzene ring substituents is 1. The van der Waals surface area contributed by atoms with Crippen LogP contribution in [0.25, 0.3) is 0 Å². The maximum absolute atomic E-state index is 13.4. The second-order valence-electron chi connectivity index (χ2n) is 9.18. The predicted octanol–water partition coefficient (Wildman–Crippen LogP) is 5.39. The Morgan fingerprint density at radius 2 is 1.84 bits per heavy atom. The molecule has 4 rings (SSSR count). The number of aryl methyl sites for hydroxylation is 1. The van der Waals surface area contributed by atoms with Gasteiger partial charge in [0.1, 0.15) is 11.5 Å². The van der Waals surface area contributed by atoms with Gasteiger partial charge >= 0.3 is 5.97 Å². The molecule has 2 aliphatic rings. The van der Waals surface area contributed by atoms with E-state index in [9.17, 15) is 19.7 Å². The van der Waals surface area contributed by atoms with Crippen LogP contribution in [0.3, 0.4) is 0 Å². The fourth-order valence-corrected chi connectivity index (χ4v) is 5.13. The zero-order chi connectivity index (χ0) is 22.7. The predicted molar refractivity (Wildman–Crippen MR) is 120 cm³/mol. The van der Waals surface area contributed by atoms with E-state index < -0.39 is 22.4 Å². The lowest BCUT2D eigenvalue weighted by Crippen LogP contribution is -2.49. The van der Waals surface area contributed by atoms with Crippen molar-refractivity contribution < 1.29 is 19.2 Å². The average Bonchev–Trinajstić information content (AvgIpc) is 3.61. The molecule has 32 heavy (non-hydrogen) atoms. The first-order valence-corrected chi connectivity index (χ1v) is 11.5. The van der Waals surface area contributed by atoms with E-state index in [-0.39, 0.29) is 29.7 Å². The van der Waals surface area contributed by atoms with E-state index in [1.54, 1.807) is 12.1 Å². The van der Waals surface area contributed by atoms with Gasteiger partial charge < -0.3 is 4.74 Å². The minimum atomic E-state index is -0.883. The molecular weight excluding hydrogens is 406 g/mol. The first-order chi connectivity index (χ1) is 15.4. The standard InChI is InChI=1S/C26H29NO5/c1-2-14-26(15-13-18-7-4-3-5-8-18)17-22(28)24(25(29)32-26)23(19-11-12-19)20-9-6-10-21(16-20)27(30)31/h3-10,16,19,23-24H,2,11-15,17H2,1H3. The number of nitrogens with zero attached hydrogens (tertiary/aromatic N) is 1. The number of rotatable bonds is 9. The fourth-order valence-electron chi connectivity index (χ4n) is 5.13. The molecule has 2 aromatic rings. The molecule has 3 unspecified atom stereocenters. The van der Waals surface area contributed by atoms with Gasteiger partial charge in [0.05, 0.1) is 4.92 Å². The van der Waals surface area contributed by atoms with Crippen molar-refractivity contribution in [2.24, 2.45) is 11.8 Å². The quantitative estimate of drug-likeness (QED) is 0.228. The molecule has 1 heterocycles. The van der Waals surface area contributed by atoms with Gasteiger partial charge in [0.15, 0.2) is 5.78 Å². The lowest BCUT2D eigenvalue weighted by Gasteiger charge is -2.41. The van der Waals surface area contributed by atoms with Gasteiger partial charge in [-0.15, -0.1) is 0 Å². The third kappa shape index (κ3) is 4.74. The molecule has 0 bridgehead atoms. The Balaban J connectivity index is 1.57. The maximum atomic E-state index is 13.4. The molecule has 6 heteroatoms. The number of hydrogen-bond donors (Lipinski definition) is 0. The van der Waals surface area contributed by atoms with E-state index in [2.05, 4.69) is 0 Å². The van der Waals surface area contributed by atoms with E-state index in [1.807, 2.05) is 37.3 Å². The Morgan fingerprint density at radius 3 is 2.47 bits per heavy atom. The van der Waals surface area contributed by atoms with Gasteiger partial charge in [-0.3, -0.25) is 19.7 Å². The van der Waals surface area contributed by atoms with Crippen LogP contribution in [0.2, 0.25) is 0 Å². The number of ether oxygens (including phenoxy) is 1. The van der Waals surface area contributed by atoms with Crippen LogP contribution in [-0.4, -0.2) is 22.3 Å². The highest BCUT2D eigenvalue weighted by molar-refractivity contribution is 6.02. The zero-order valence-corrected chi connectivity index (χ0v) is 18.4. The van der Waals surface area contributed by atoms with E-state index in [1.165, 1.54) is 12.1 Å². The summed E-state index contributed by atoms with van der Waals surface area (Å²) in [5, 5.41) is 11.3. The summed E-state index contributed by atoms with van der Waals surface area (Å²) in [6, 6.07) is 16.4. The lowest BCUT2D eigenvalue weighted by molar-refractivity contribution is -0.384. The Bertz CT molecular complexity index is 980. The van der Waals surface area contributed by atoms with E-state index >= 15 is 0 Å². The minimum Gasteiger partial charge on any atom is -0.458 e. The van der Waals surface area contributed by atoms with Crippen molar-refractivity contribution in [3.05, 3.63) is 75.8 Å². The minimum absolute atomic E-state index is 0.0204. The normalized spacial score (nSPS) is 24.1. The van der Waals surface area contributed by atoms with Gasteiger partial charge in [-0.05, 0) is 49.1 Å². The SMILES string of the molecule is CCCC1(CCc2ccccc2)CC(=O)C(C(c2cccc([N+](=O)[O-])c2)C2CC2)C(=O)O1. The molecule has 0 radical (unpaired) electrons. The van der Waals surface area contributed by atoms with Crippen molar-refractivity contribution >= 4 is 17.4 Å². The number of benzene rings is 2. The summed E-state index contributed by atoms with van der Waals surface area (Å²) in [7, 11) is 0. The zero-order valence-electron chi connectivity index (χ0n) is 18.4. The average molecular weight is 436 g/mol. The lowest BCUT2D eigenvalue weighted by atomic mass is 9.73.